The Morgan fingerprint density at radius 1 is 0.299 bits per heavy atom. The van der Waals surface area contributed by atoms with E-state index < -0.39 is 159 Å². The van der Waals surface area contributed by atoms with Crippen LogP contribution in [0.15, 0.2) is 252 Å². The zero-order valence-corrected chi connectivity index (χ0v) is 73.4. The average Bonchev–Trinajstić information content (AvgIpc) is 1.40. The van der Waals surface area contributed by atoms with Crippen molar-refractivity contribution in [2.24, 2.45) is 21.7 Å². The second kappa shape index (κ2) is 59.2. The zero-order chi connectivity index (χ0) is 97.5. The third-order valence-corrected chi connectivity index (χ3v) is 15.7. The summed E-state index contributed by atoms with van der Waals surface area (Å²) in [6, 6.07) is 16.9. The van der Waals surface area contributed by atoms with Crippen LogP contribution in [0.5, 0.6) is 0 Å². The monoisotopic (exact) mass is 1770 g/mol. The second-order valence-electron chi connectivity index (χ2n) is 28.6. The highest BCUT2D eigenvalue weighted by molar-refractivity contribution is 6.28. The summed E-state index contributed by atoms with van der Waals surface area (Å²) in [6.07, 6.45) is 11.4. The highest BCUT2D eigenvalue weighted by atomic mass is 16.6. The molecule has 0 radical (unpaired) electrons. The van der Waals surface area contributed by atoms with E-state index in [0.717, 1.165) is 34.3 Å². The lowest BCUT2D eigenvalue weighted by atomic mass is 9.90. The molecule has 2 aromatic carbocycles. The molecule has 0 atom stereocenters. The fourth-order valence-corrected chi connectivity index (χ4v) is 8.12. The Labute approximate surface area is 738 Å². The number of amides is 4. The van der Waals surface area contributed by atoms with Crippen LogP contribution >= 0.6 is 0 Å². The van der Waals surface area contributed by atoms with Gasteiger partial charge in [-0.15, -0.1) is 0 Å². The molecule has 0 bridgehead atoms. The molecule has 4 rings (SSSR count). The summed E-state index contributed by atoms with van der Waals surface area (Å²) in [7, 11) is 0. The normalized spacial score (nSPS) is 11.3. The number of nitrogens with one attached hydrogen (secondary N) is 1. The van der Waals surface area contributed by atoms with Gasteiger partial charge in [0.25, 0.3) is 23.6 Å². The first-order chi connectivity index (χ1) is 59.3. The summed E-state index contributed by atoms with van der Waals surface area (Å²) < 4.78 is 73.4. The van der Waals surface area contributed by atoms with E-state index in [-0.39, 0.29) is 126 Å². The number of aliphatic hydroxyl groups excluding tert-OH is 1. The first kappa shape index (κ1) is 114. The standard InChI is InChI=1S/C34H46O13.C21H28O8.C14H18O7.C10H7NO2.C10H10.C4H3NO2/c1-21(2)27(35)42-15-33(16-43-28(36)22(3)4,17-44-29(37)23(5)6)13-41-14-34(18-45-30(38)24(7)8,19-46-31(39)25(9)10)20-47-32(40)26(11)12;1-13(2)17(22)26-9-21(10-27-18(23)14(3)4,11-28-19(24)15(5)6)12-29-20(25)16(7)8;1-4-11(16)19-8-14(7-15,9-20-12(17)5-2)10-21-13(18)6-3;12-9-6-7-10(13)11(9)8-4-2-1-3-5-8;1-3-9-5-7-10(4-2)8-6-9;6-3-1-2-4(7)5-3/h1,3,5,7,9,11,13-20H2,2,4,6,8,10,12H3;1,3,5,7,9-12H2,2,4,6,8H3;4-6,15H,1-3,7-10H2;1-7H;3-8H,1-2H2;1-2H,(H,5,6,7). The fraction of sp³-hybridized carbons (Fsp3) is 0.323. The van der Waals surface area contributed by atoms with Gasteiger partial charge in [0.15, 0.2) is 0 Å². The van der Waals surface area contributed by atoms with Gasteiger partial charge < -0.3 is 71.4 Å². The number of rotatable bonds is 47. The number of hydrogen-bond donors (Lipinski definition) is 2. The number of aliphatic hydroxyl groups is 1. The number of benzene rings is 2. The number of nitrogens with zero attached hydrogens (tertiary/aromatic N) is 1. The molecule has 2 aromatic rings. The largest absolute Gasteiger partial charge is 0.462 e. The van der Waals surface area contributed by atoms with Gasteiger partial charge in [0, 0.05) is 98.3 Å². The average molecular weight is 1770 g/mol. The lowest BCUT2D eigenvalue weighted by Gasteiger charge is -2.35. The molecule has 2 aliphatic rings. The maximum absolute atomic E-state index is 12.4. The van der Waals surface area contributed by atoms with Gasteiger partial charge in [-0.05, 0) is 92.5 Å². The zero-order valence-electron chi connectivity index (χ0n) is 73.4. The molecule has 127 heavy (non-hydrogen) atoms. The summed E-state index contributed by atoms with van der Waals surface area (Å²) in [4.78, 5) is 198. The van der Waals surface area contributed by atoms with Gasteiger partial charge in [0.05, 0.1) is 41.8 Å². The molecule has 2 aliphatic heterocycles. The van der Waals surface area contributed by atoms with Crippen LogP contribution in [-0.4, -0.2) is 212 Å². The molecule has 0 fully saturated rings. The number of carbonyl (C=O) groups excluding carboxylic acids is 17. The van der Waals surface area contributed by atoms with Crippen LogP contribution in [-0.2, 0) is 148 Å². The van der Waals surface area contributed by atoms with Crippen molar-refractivity contribution in [3.05, 3.63) is 263 Å². The second-order valence-corrected chi connectivity index (χ2v) is 28.6. The molecule has 34 heteroatoms. The Balaban J connectivity index is 0. The van der Waals surface area contributed by atoms with Gasteiger partial charge >= 0.3 is 77.6 Å². The smallest absolute Gasteiger partial charge is 0.333 e. The fourth-order valence-electron chi connectivity index (χ4n) is 8.12. The van der Waals surface area contributed by atoms with Gasteiger partial charge in [-0.2, -0.15) is 0 Å². The number of carbonyl (C=O) groups is 17. The minimum Gasteiger partial charge on any atom is -0.462 e. The summed E-state index contributed by atoms with van der Waals surface area (Å²) in [5, 5.41) is 11.5. The van der Waals surface area contributed by atoms with Crippen LogP contribution in [0.2, 0.25) is 0 Å². The number of anilines is 1. The van der Waals surface area contributed by atoms with Crippen molar-refractivity contribution < 1.29 is 153 Å². The lowest BCUT2D eigenvalue weighted by Crippen LogP contribution is -2.47. The molecule has 2 heterocycles. The SMILES string of the molecule is C=C(C)C(=O)OCC(COC(=O)C(=C)C)(COC(=O)C(=C)C)COC(=O)C(=C)C.C=C(C)C(=O)OCC(COCC(COC(=O)C(=C)C)(COC(=O)C(=C)C)COC(=O)C(=C)C)(COC(=O)C(=C)C)COC(=O)C(=C)C.C=CC(=O)OCC(CO)(COC(=O)C=C)COC(=O)C=C.C=Cc1ccc(C=C)cc1.O=C1C=CC(=O)N1.O=C1C=CC(=O)N1c1ccccc1. The topological polar surface area (TPSA) is 455 Å². The van der Waals surface area contributed by atoms with Gasteiger partial charge in [0.1, 0.15) is 91.3 Å². The molecular weight excluding hydrogens is 1660 g/mol. The van der Waals surface area contributed by atoms with Crippen molar-refractivity contribution in [2.75, 3.05) is 111 Å². The van der Waals surface area contributed by atoms with Crippen LogP contribution in [0.3, 0.4) is 0 Å². The van der Waals surface area contributed by atoms with E-state index in [9.17, 15) is 86.6 Å². The van der Waals surface area contributed by atoms with E-state index in [1.54, 1.807) is 24.3 Å². The Morgan fingerprint density at radius 3 is 0.661 bits per heavy atom. The molecule has 0 saturated heterocycles. The Morgan fingerprint density at radius 2 is 0.496 bits per heavy atom. The predicted molar refractivity (Wildman–Crippen MR) is 466 cm³/mol. The molecule has 0 aliphatic carbocycles. The van der Waals surface area contributed by atoms with E-state index in [2.05, 4.69) is 98.7 Å². The number of para-hydroxylation sites is 1. The van der Waals surface area contributed by atoms with E-state index in [1.165, 1.54) is 93.5 Å². The Bertz CT molecular complexity index is 4090. The van der Waals surface area contributed by atoms with Crippen LogP contribution < -0.4 is 10.2 Å². The molecule has 2 N–H and O–H groups in total. The Kier molecular flexibility index (Phi) is 53.3. The lowest BCUT2D eigenvalue weighted by molar-refractivity contribution is -0.172. The van der Waals surface area contributed by atoms with Gasteiger partial charge in [-0.1, -0.05) is 153 Å². The number of imide groups is 2. The summed E-state index contributed by atoms with van der Waals surface area (Å²) in [6.45, 7) is 59.7. The predicted octanol–water partition coefficient (Wildman–Crippen LogP) is 9.58. The third kappa shape index (κ3) is 47.0. The minimum absolute atomic E-state index is 0.0645. The van der Waals surface area contributed by atoms with Crippen LogP contribution in [0.25, 0.3) is 12.2 Å². The van der Waals surface area contributed by atoms with E-state index in [1.807, 2.05) is 47.8 Å². The van der Waals surface area contributed by atoms with Gasteiger partial charge in [-0.3, -0.25) is 24.5 Å². The van der Waals surface area contributed by atoms with E-state index in [0.29, 0.717) is 5.69 Å². The quantitative estimate of drug-likeness (QED) is 0.0269. The summed E-state index contributed by atoms with van der Waals surface area (Å²) in [5.74, 6) is -10.9. The molecule has 4 amide bonds. The number of esters is 13. The third-order valence-electron chi connectivity index (χ3n) is 15.7. The van der Waals surface area contributed by atoms with Crippen molar-refractivity contribution in [2.45, 2.75) is 69.2 Å². The van der Waals surface area contributed by atoms with Crippen molar-refractivity contribution in [3.63, 3.8) is 0 Å². The first-order valence-electron chi connectivity index (χ1n) is 37.7. The molecular formula is C93H112N2O32. The molecule has 0 aromatic heterocycles. The van der Waals surface area contributed by atoms with Gasteiger partial charge in [-0.25, -0.2) is 67.2 Å². The van der Waals surface area contributed by atoms with Crippen molar-refractivity contribution in [1.29, 1.82) is 0 Å². The Hall–Kier alpha value is -14.7. The molecule has 0 spiro atoms. The summed E-state index contributed by atoms with van der Waals surface area (Å²) >= 11 is 0. The van der Waals surface area contributed by atoms with E-state index in [4.69, 9.17) is 66.3 Å². The van der Waals surface area contributed by atoms with Crippen LogP contribution in [0.1, 0.15) is 80.4 Å². The van der Waals surface area contributed by atoms with Crippen LogP contribution in [0.4, 0.5) is 5.69 Å². The van der Waals surface area contributed by atoms with Gasteiger partial charge in [0.2, 0.25) is 0 Å². The number of ether oxygens (including phenoxy) is 14. The molecule has 0 saturated carbocycles. The first-order valence-corrected chi connectivity index (χ1v) is 37.7. The highest BCUT2D eigenvalue weighted by Gasteiger charge is 2.43. The highest BCUT2D eigenvalue weighted by Crippen LogP contribution is 2.29. The van der Waals surface area contributed by atoms with E-state index >= 15 is 0 Å². The molecule has 34 nitrogen and oxygen atoms in total. The van der Waals surface area contributed by atoms with Crippen LogP contribution in [0, 0.1) is 21.7 Å². The minimum atomic E-state index is -1.52. The summed E-state index contributed by atoms with van der Waals surface area (Å²) in [5.41, 5.74) is -1.87. The van der Waals surface area contributed by atoms with Crippen molar-refractivity contribution >= 4 is 119 Å². The van der Waals surface area contributed by atoms with Crippen molar-refractivity contribution in [3.8, 4) is 0 Å². The molecule has 686 valence electrons. The maximum Gasteiger partial charge on any atom is 0.333 e. The maximum atomic E-state index is 12.4. The van der Waals surface area contributed by atoms with Crippen molar-refractivity contribution in [1.82, 2.24) is 5.32 Å². The molecule has 0 unspecified atom stereocenters. The number of hydrogen-bond acceptors (Lipinski definition) is 32.